The van der Waals surface area contributed by atoms with Gasteiger partial charge < -0.3 is 4.74 Å². The minimum atomic E-state index is -0.201. The molecule has 13 heavy (non-hydrogen) atoms. The second kappa shape index (κ2) is 3.71. The third-order valence-corrected chi connectivity index (χ3v) is 2.96. The molecule has 0 saturated carbocycles. The van der Waals surface area contributed by atoms with Gasteiger partial charge >= 0.3 is 6.09 Å². The Morgan fingerprint density at radius 1 is 1.54 bits per heavy atom. The predicted octanol–water partition coefficient (Wildman–Crippen LogP) is 1.68. The van der Waals surface area contributed by atoms with Crippen molar-refractivity contribution in [2.24, 2.45) is 0 Å². The fourth-order valence-electron chi connectivity index (χ4n) is 1.49. The lowest BCUT2D eigenvalue weighted by Crippen LogP contribution is -2.49. The van der Waals surface area contributed by atoms with Crippen molar-refractivity contribution >= 4 is 24.6 Å². The van der Waals surface area contributed by atoms with E-state index >= 15 is 0 Å². The van der Waals surface area contributed by atoms with Crippen LogP contribution < -0.4 is 0 Å². The maximum Gasteiger partial charge on any atom is 0.410 e. The Morgan fingerprint density at radius 2 is 2.08 bits per heavy atom. The van der Waals surface area contributed by atoms with Crippen LogP contribution in [0.3, 0.4) is 0 Å². The van der Waals surface area contributed by atoms with Gasteiger partial charge in [0.05, 0.1) is 6.04 Å². The molecule has 0 aliphatic carbocycles. The van der Waals surface area contributed by atoms with E-state index in [0.717, 1.165) is 0 Å². The van der Waals surface area contributed by atoms with Gasteiger partial charge in [-0.25, -0.2) is 4.79 Å². The minimum absolute atomic E-state index is 0.155. The molecule has 0 aromatic rings. The van der Waals surface area contributed by atoms with Crippen molar-refractivity contribution in [3.63, 3.8) is 0 Å². The summed E-state index contributed by atoms with van der Waals surface area (Å²) in [5, 5.41) is 0.283. The summed E-state index contributed by atoms with van der Waals surface area (Å²) in [5.74, 6) is 0. The molecule has 1 amide bonds. The normalized spacial score (nSPS) is 24.0. The molecule has 0 aromatic heterocycles. The van der Waals surface area contributed by atoms with E-state index < -0.39 is 0 Å². The van der Waals surface area contributed by atoms with Gasteiger partial charge in [-0.2, -0.15) is 0 Å². The van der Waals surface area contributed by atoms with E-state index in [9.17, 15) is 4.79 Å². The molecular weight excluding hydrogens is 204 g/mol. The molecule has 3 atom stereocenters. The van der Waals surface area contributed by atoms with Crippen molar-refractivity contribution in [1.29, 1.82) is 0 Å². The molecular formula is C8H17NO2P2. The zero-order valence-electron chi connectivity index (χ0n) is 8.28. The molecule has 1 rings (SSSR count). The SMILES string of the molecule is CC(C)(C)N1C(=O)OCC1C(P)P. The molecule has 0 aromatic carbocycles. The Labute approximate surface area is 84.0 Å². The van der Waals surface area contributed by atoms with Crippen LogP contribution in [0.1, 0.15) is 20.8 Å². The molecule has 1 aliphatic rings. The first-order valence-electron chi connectivity index (χ1n) is 4.31. The number of amides is 1. The molecule has 76 valence electrons. The lowest BCUT2D eigenvalue weighted by molar-refractivity contribution is 0.124. The van der Waals surface area contributed by atoms with Crippen molar-refractivity contribution < 1.29 is 9.53 Å². The second-order valence-corrected chi connectivity index (χ2v) is 6.57. The third-order valence-electron chi connectivity index (χ3n) is 2.07. The predicted molar refractivity (Wildman–Crippen MR) is 59.9 cm³/mol. The number of carbonyl (C=O) groups is 1. The molecule has 1 heterocycles. The maximum atomic E-state index is 11.4. The number of cyclic esters (lactones) is 1. The fraction of sp³-hybridized carbons (Fsp3) is 0.875. The zero-order valence-corrected chi connectivity index (χ0v) is 10.6. The summed E-state index contributed by atoms with van der Waals surface area (Å²) < 4.78 is 5.03. The zero-order chi connectivity index (χ0) is 10.2. The Bertz CT molecular complexity index is 213. The van der Waals surface area contributed by atoms with Gasteiger partial charge in [-0.3, -0.25) is 4.90 Å². The Kier molecular flexibility index (Phi) is 3.20. The minimum Gasteiger partial charge on any atom is -0.447 e. The number of hydrogen-bond donors (Lipinski definition) is 0. The van der Waals surface area contributed by atoms with Crippen molar-refractivity contribution in [2.75, 3.05) is 6.61 Å². The van der Waals surface area contributed by atoms with Crippen LogP contribution in [0.4, 0.5) is 4.79 Å². The highest BCUT2D eigenvalue weighted by Crippen LogP contribution is 2.30. The van der Waals surface area contributed by atoms with Gasteiger partial charge in [-0.1, -0.05) is 0 Å². The summed E-state index contributed by atoms with van der Waals surface area (Å²) in [6.07, 6.45) is -0.201. The molecule has 3 unspecified atom stereocenters. The first kappa shape index (κ1) is 11.2. The Balaban J connectivity index is 2.84. The van der Waals surface area contributed by atoms with Gasteiger partial charge in [-0.05, 0) is 20.8 Å². The van der Waals surface area contributed by atoms with Gasteiger partial charge in [0.2, 0.25) is 0 Å². The van der Waals surface area contributed by atoms with Crippen molar-refractivity contribution in [2.45, 2.75) is 37.8 Å². The molecule has 0 spiro atoms. The first-order valence-corrected chi connectivity index (χ1v) is 5.64. The Morgan fingerprint density at radius 3 is 2.38 bits per heavy atom. The van der Waals surface area contributed by atoms with Gasteiger partial charge in [0, 0.05) is 10.9 Å². The standard InChI is InChI=1S/C8H17NO2P2/c1-8(2,3)9-5(6(12)13)4-11-7(9)10/h5-6H,4,12-13H2,1-3H3. The number of hydrogen-bond acceptors (Lipinski definition) is 2. The lowest BCUT2D eigenvalue weighted by atomic mass is 10.1. The highest BCUT2D eigenvalue weighted by atomic mass is 31.1. The quantitative estimate of drug-likeness (QED) is 0.630. The molecule has 1 saturated heterocycles. The van der Waals surface area contributed by atoms with Crippen LogP contribution in [0.5, 0.6) is 0 Å². The highest BCUT2D eigenvalue weighted by molar-refractivity contribution is 7.38. The fourth-order valence-corrected chi connectivity index (χ4v) is 2.06. The van der Waals surface area contributed by atoms with Crippen molar-refractivity contribution in [3.8, 4) is 0 Å². The average molecular weight is 221 g/mol. The summed E-state index contributed by atoms with van der Waals surface area (Å²) >= 11 is 0. The van der Waals surface area contributed by atoms with Crippen LogP contribution in [0.25, 0.3) is 0 Å². The molecule has 0 N–H and O–H groups in total. The van der Waals surface area contributed by atoms with E-state index in [4.69, 9.17) is 4.74 Å². The van der Waals surface area contributed by atoms with Gasteiger partial charge in [0.1, 0.15) is 6.61 Å². The summed E-state index contributed by atoms with van der Waals surface area (Å²) in [4.78, 5) is 13.2. The van der Waals surface area contributed by atoms with Crippen LogP contribution in [0.15, 0.2) is 0 Å². The van der Waals surface area contributed by atoms with Crippen LogP contribution in [-0.4, -0.2) is 34.6 Å². The van der Waals surface area contributed by atoms with Crippen LogP contribution >= 0.6 is 18.5 Å². The maximum absolute atomic E-state index is 11.4. The Hall–Kier alpha value is 0.130. The summed E-state index contributed by atoms with van der Waals surface area (Å²) in [6, 6.07) is 0.155. The monoisotopic (exact) mass is 221 g/mol. The van der Waals surface area contributed by atoms with Gasteiger partial charge in [-0.15, -0.1) is 18.5 Å². The van der Waals surface area contributed by atoms with Gasteiger partial charge in [0.25, 0.3) is 0 Å². The van der Waals surface area contributed by atoms with Crippen LogP contribution in [0, 0.1) is 0 Å². The van der Waals surface area contributed by atoms with E-state index in [1.54, 1.807) is 4.90 Å². The van der Waals surface area contributed by atoms with E-state index in [0.29, 0.717) is 6.61 Å². The molecule has 1 fully saturated rings. The summed E-state index contributed by atoms with van der Waals surface area (Å²) in [7, 11) is 5.38. The number of nitrogens with zero attached hydrogens (tertiary/aromatic N) is 1. The van der Waals surface area contributed by atoms with Crippen LogP contribution in [0.2, 0.25) is 0 Å². The van der Waals surface area contributed by atoms with E-state index in [2.05, 4.69) is 18.5 Å². The average Bonchev–Trinajstić information content (AvgIpc) is 2.28. The third kappa shape index (κ3) is 2.33. The molecule has 0 bridgehead atoms. The van der Waals surface area contributed by atoms with Crippen molar-refractivity contribution in [3.05, 3.63) is 0 Å². The van der Waals surface area contributed by atoms with E-state index in [1.807, 2.05) is 20.8 Å². The largest absolute Gasteiger partial charge is 0.447 e. The number of rotatable bonds is 1. The first-order chi connectivity index (χ1) is 5.84. The molecule has 0 radical (unpaired) electrons. The molecule has 5 heteroatoms. The number of carbonyl (C=O) groups excluding carboxylic acids is 1. The molecule has 1 aliphatic heterocycles. The summed E-state index contributed by atoms with van der Waals surface area (Å²) in [6.45, 7) is 6.55. The number of ether oxygens (including phenoxy) is 1. The smallest absolute Gasteiger partial charge is 0.410 e. The lowest BCUT2D eigenvalue weighted by Gasteiger charge is -2.35. The summed E-state index contributed by atoms with van der Waals surface area (Å²) in [5.41, 5.74) is -0.163. The topological polar surface area (TPSA) is 29.5 Å². The molecule has 3 nitrogen and oxygen atoms in total. The van der Waals surface area contributed by atoms with Crippen LogP contribution in [-0.2, 0) is 4.74 Å². The highest BCUT2D eigenvalue weighted by Gasteiger charge is 2.41. The van der Waals surface area contributed by atoms with Gasteiger partial charge in [0.15, 0.2) is 0 Å². The van der Waals surface area contributed by atoms with E-state index in [-0.39, 0.29) is 23.1 Å². The van der Waals surface area contributed by atoms with E-state index in [1.165, 1.54) is 0 Å². The van der Waals surface area contributed by atoms with Crippen molar-refractivity contribution in [1.82, 2.24) is 4.90 Å². The second-order valence-electron chi connectivity index (χ2n) is 4.26.